The molecule has 20 heavy (non-hydrogen) atoms. The smallest absolute Gasteiger partial charge is 0.323 e. The molecule has 1 aliphatic heterocycles. The van der Waals surface area contributed by atoms with Crippen LogP contribution in [0.3, 0.4) is 0 Å². The standard InChI is InChI=1S/C16H14N2O2/c1-10-6-7-13-11(8-10)9-15(19)12-4-2-3-5-14(12)18(13)16(17)20/h2-8H,9H2,1H3,(H2,17,20). The summed E-state index contributed by atoms with van der Waals surface area (Å²) in [6, 6.07) is 12.1. The van der Waals surface area contributed by atoms with E-state index in [2.05, 4.69) is 0 Å². The van der Waals surface area contributed by atoms with E-state index < -0.39 is 6.03 Å². The molecule has 0 unspecified atom stereocenters. The van der Waals surface area contributed by atoms with Gasteiger partial charge in [-0.25, -0.2) is 4.79 Å². The molecule has 2 aromatic carbocycles. The highest BCUT2D eigenvalue weighted by Crippen LogP contribution is 2.36. The summed E-state index contributed by atoms with van der Waals surface area (Å²) in [5.74, 6) is -0.00352. The van der Waals surface area contributed by atoms with Gasteiger partial charge in [-0.2, -0.15) is 0 Å². The van der Waals surface area contributed by atoms with Crippen LogP contribution in [0.2, 0.25) is 0 Å². The quantitative estimate of drug-likeness (QED) is 0.796. The summed E-state index contributed by atoms with van der Waals surface area (Å²) in [4.78, 5) is 25.6. The van der Waals surface area contributed by atoms with Crippen molar-refractivity contribution < 1.29 is 9.59 Å². The first-order valence-electron chi connectivity index (χ1n) is 6.39. The Bertz CT molecular complexity index is 722. The highest BCUT2D eigenvalue weighted by atomic mass is 16.2. The Hall–Kier alpha value is -2.62. The zero-order valence-corrected chi connectivity index (χ0v) is 11.1. The van der Waals surface area contributed by atoms with E-state index in [1.165, 1.54) is 4.90 Å². The van der Waals surface area contributed by atoms with Gasteiger partial charge >= 0.3 is 6.03 Å². The predicted octanol–water partition coefficient (Wildman–Crippen LogP) is 2.95. The topological polar surface area (TPSA) is 63.4 Å². The monoisotopic (exact) mass is 266 g/mol. The number of urea groups is 1. The fraction of sp³-hybridized carbons (Fsp3) is 0.125. The third-order valence-electron chi connectivity index (χ3n) is 3.49. The number of nitrogens with zero attached hydrogens (tertiary/aromatic N) is 1. The van der Waals surface area contributed by atoms with E-state index >= 15 is 0 Å². The lowest BCUT2D eigenvalue weighted by Crippen LogP contribution is -2.32. The minimum absolute atomic E-state index is 0.00352. The number of hydrogen-bond donors (Lipinski definition) is 1. The van der Waals surface area contributed by atoms with Crippen LogP contribution in [-0.4, -0.2) is 11.8 Å². The number of rotatable bonds is 0. The molecule has 0 saturated heterocycles. The molecular formula is C16H14N2O2. The molecule has 2 amide bonds. The van der Waals surface area contributed by atoms with E-state index in [9.17, 15) is 9.59 Å². The van der Waals surface area contributed by atoms with Crippen molar-refractivity contribution in [2.45, 2.75) is 13.3 Å². The van der Waals surface area contributed by atoms with Gasteiger partial charge in [0, 0.05) is 12.0 Å². The normalized spacial score (nSPS) is 13.4. The molecular weight excluding hydrogens is 252 g/mol. The third-order valence-corrected chi connectivity index (χ3v) is 3.49. The first-order valence-corrected chi connectivity index (χ1v) is 6.39. The molecule has 1 aliphatic rings. The van der Waals surface area contributed by atoms with Crippen molar-refractivity contribution in [2.75, 3.05) is 4.90 Å². The Morgan fingerprint density at radius 1 is 1.15 bits per heavy atom. The molecule has 0 aromatic heterocycles. The zero-order chi connectivity index (χ0) is 14.3. The van der Waals surface area contributed by atoms with Crippen molar-refractivity contribution in [3.63, 3.8) is 0 Å². The second kappa shape index (κ2) is 4.49. The van der Waals surface area contributed by atoms with Crippen LogP contribution >= 0.6 is 0 Å². The Labute approximate surface area is 116 Å². The number of carbonyl (C=O) groups is 2. The summed E-state index contributed by atoms with van der Waals surface area (Å²) < 4.78 is 0. The fourth-order valence-corrected chi connectivity index (χ4v) is 2.61. The van der Waals surface area contributed by atoms with Gasteiger partial charge < -0.3 is 5.73 Å². The molecule has 100 valence electrons. The Kier molecular flexibility index (Phi) is 2.79. The van der Waals surface area contributed by atoms with Crippen LogP contribution in [-0.2, 0) is 6.42 Å². The maximum absolute atomic E-state index is 12.4. The van der Waals surface area contributed by atoms with Gasteiger partial charge in [-0.15, -0.1) is 0 Å². The number of para-hydroxylation sites is 1. The molecule has 0 radical (unpaired) electrons. The van der Waals surface area contributed by atoms with Crippen molar-refractivity contribution in [2.24, 2.45) is 5.73 Å². The highest BCUT2D eigenvalue weighted by molar-refractivity contribution is 6.11. The Morgan fingerprint density at radius 2 is 1.90 bits per heavy atom. The number of Topliss-reactive ketones (excluding diaryl/α,β-unsaturated/α-hetero) is 1. The van der Waals surface area contributed by atoms with Crippen molar-refractivity contribution in [1.29, 1.82) is 0 Å². The molecule has 2 aromatic rings. The van der Waals surface area contributed by atoms with Crippen molar-refractivity contribution in [1.82, 2.24) is 0 Å². The lowest BCUT2D eigenvalue weighted by atomic mass is 10.0. The molecule has 0 atom stereocenters. The van der Waals surface area contributed by atoms with Crippen molar-refractivity contribution >= 4 is 23.2 Å². The van der Waals surface area contributed by atoms with Gasteiger partial charge in [0.1, 0.15) is 0 Å². The number of primary amides is 1. The van der Waals surface area contributed by atoms with Crippen molar-refractivity contribution in [3.05, 3.63) is 59.2 Å². The van der Waals surface area contributed by atoms with Gasteiger partial charge in [0.15, 0.2) is 5.78 Å². The average Bonchev–Trinajstić information content (AvgIpc) is 2.53. The van der Waals surface area contributed by atoms with E-state index in [-0.39, 0.29) is 12.2 Å². The molecule has 1 heterocycles. The van der Waals surface area contributed by atoms with Gasteiger partial charge in [0.25, 0.3) is 0 Å². The molecule has 3 rings (SSSR count). The lowest BCUT2D eigenvalue weighted by molar-refractivity contribution is 0.0994. The van der Waals surface area contributed by atoms with Gasteiger partial charge in [0.05, 0.1) is 11.4 Å². The second-order valence-electron chi connectivity index (χ2n) is 4.92. The number of fused-ring (bicyclic) bond motifs is 2. The number of amides is 2. The third kappa shape index (κ3) is 1.86. The number of anilines is 2. The van der Waals surface area contributed by atoms with Crippen LogP contribution in [0.15, 0.2) is 42.5 Å². The Balaban J connectivity index is 2.31. The SMILES string of the molecule is Cc1ccc2c(c1)CC(=O)c1ccccc1N2C(N)=O. The van der Waals surface area contributed by atoms with E-state index in [0.717, 1.165) is 11.1 Å². The van der Waals surface area contributed by atoms with Gasteiger partial charge in [-0.3, -0.25) is 9.69 Å². The van der Waals surface area contributed by atoms with E-state index in [1.54, 1.807) is 24.3 Å². The van der Waals surface area contributed by atoms with E-state index in [1.807, 2.05) is 25.1 Å². The van der Waals surface area contributed by atoms with E-state index in [0.29, 0.717) is 16.9 Å². The molecule has 0 saturated carbocycles. The van der Waals surface area contributed by atoms with Crippen LogP contribution < -0.4 is 10.6 Å². The summed E-state index contributed by atoms with van der Waals surface area (Å²) >= 11 is 0. The van der Waals surface area contributed by atoms with Crippen LogP contribution in [0.4, 0.5) is 16.2 Å². The number of hydrogen-bond acceptors (Lipinski definition) is 2. The maximum atomic E-state index is 12.4. The first-order chi connectivity index (χ1) is 9.58. The summed E-state index contributed by atoms with van der Waals surface area (Å²) in [5.41, 5.74) is 9.16. The summed E-state index contributed by atoms with van der Waals surface area (Å²) in [7, 11) is 0. The largest absolute Gasteiger partial charge is 0.351 e. The number of ketones is 1. The number of nitrogens with two attached hydrogens (primary N) is 1. The second-order valence-corrected chi connectivity index (χ2v) is 4.92. The zero-order valence-electron chi connectivity index (χ0n) is 11.1. The van der Waals surface area contributed by atoms with Crippen LogP contribution in [0.5, 0.6) is 0 Å². The average molecular weight is 266 g/mol. The minimum Gasteiger partial charge on any atom is -0.351 e. The molecule has 0 spiro atoms. The van der Waals surface area contributed by atoms with Crippen LogP contribution in [0, 0.1) is 6.92 Å². The van der Waals surface area contributed by atoms with Gasteiger partial charge in [-0.1, -0.05) is 29.8 Å². The van der Waals surface area contributed by atoms with Crippen LogP contribution in [0.25, 0.3) is 0 Å². The number of carbonyl (C=O) groups excluding carboxylic acids is 2. The van der Waals surface area contributed by atoms with Gasteiger partial charge in [-0.05, 0) is 30.7 Å². The molecule has 0 fully saturated rings. The van der Waals surface area contributed by atoms with Gasteiger partial charge in [0.2, 0.25) is 0 Å². The van der Waals surface area contributed by atoms with Crippen molar-refractivity contribution in [3.8, 4) is 0 Å². The maximum Gasteiger partial charge on any atom is 0.323 e. The van der Waals surface area contributed by atoms with Crippen LogP contribution in [0.1, 0.15) is 21.5 Å². The first kappa shape index (κ1) is 12.4. The predicted molar refractivity (Wildman–Crippen MR) is 77.4 cm³/mol. The highest BCUT2D eigenvalue weighted by Gasteiger charge is 2.27. The fourth-order valence-electron chi connectivity index (χ4n) is 2.61. The molecule has 0 bridgehead atoms. The van der Waals surface area contributed by atoms with E-state index in [4.69, 9.17) is 5.73 Å². The summed E-state index contributed by atoms with van der Waals surface area (Å²) in [6.07, 6.45) is 0.276. The molecule has 4 heteroatoms. The molecule has 2 N–H and O–H groups in total. The molecule has 0 aliphatic carbocycles. The minimum atomic E-state index is -0.586. The molecule has 4 nitrogen and oxygen atoms in total. The number of aryl methyl sites for hydroxylation is 1. The summed E-state index contributed by atoms with van der Waals surface area (Å²) in [5, 5.41) is 0. The lowest BCUT2D eigenvalue weighted by Gasteiger charge is -2.22. The summed E-state index contributed by atoms with van der Waals surface area (Å²) in [6.45, 7) is 1.96. The number of benzene rings is 2. The Morgan fingerprint density at radius 3 is 2.65 bits per heavy atom.